The molecule has 0 atom stereocenters. The Morgan fingerprint density at radius 2 is 2.05 bits per heavy atom. The highest BCUT2D eigenvalue weighted by atomic mass is 32.2. The van der Waals surface area contributed by atoms with Gasteiger partial charge in [-0.2, -0.15) is 0 Å². The standard InChI is InChI=1S/C15H19N3OS/c1-16-11-12-10-15(18-6-8-20(19)9-7-18)13-4-2-3-5-14(13)17-12/h2-5,10,16H,6-9,11H2,1H3. The van der Waals surface area contributed by atoms with Crippen molar-refractivity contribution in [1.82, 2.24) is 10.3 Å². The summed E-state index contributed by atoms with van der Waals surface area (Å²) in [4.78, 5) is 7.02. The molecule has 0 amide bonds. The van der Waals surface area contributed by atoms with E-state index in [-0.39, 0.29) is 0 Å². The number of pyridine rings is 1. The van der Waals surface area contributed by atoms with Crippen molar-refractivity contribution in [2.24, 2.45) is 0 Å². The van der Waals surface area contributed by atoms with Gasteiger partial charge in [-0.15, -0.1) is 0 Å². The van der Waals surface area contributed by atoms with E-state index >= 15 is 0 Å². The largest absolute Gasteiger partial charge is 0.369 e. The minimum absolute atomic E-state index is 0.647. The third-order valence-electron chi connectivity index (χ3n) is 3.62. The Labute approximate surface area is 121 Å². The minimum Gasteiger partial charge on any atom is -0.369 e. The highest BCUT2D eigenvalue weighted by Gasteiger charge is 2.18. The smallest absolute Gasteiger partial charge is 0.0726 e. The number of anilines is 1. The van der Waals surface area contributed by atoms with Gasteiger partial charge in [0.15, 0.2) is 0 Å². The van der Waals surface area contributed by atoms with Gasteiger partial charge in [-0.1, -0.05) is 18.2 Å². The second-order valence-electron chi connectivity index (χ2n) is 5.02. The first-order chi connectivity index (χ1) is 9.78. The van der Waals surface area contributed by atoms with Crippen LogP contribution in [0.3, 0.4) is 0 Å². The molecule has 1 N–H and O–H groups in total. The molecule has 5 heteroatoms. The van der Waals surface area contributed by atoms with Crippen LogP contribution in [-0.2, 0) is 17.3 Å². The summed E-state index contributed by atoms with van der Waals surface area (Å²) in [5.74, 6) is 1.52. The van der Waals surface area contributed by atoms with Gasteiger partial charge in [0.05, 0.1) is 11.2 Å². The fourth-order valence-corrected chi connectivity index (χ4v) is 3.67. The van der Waals surface area contributed by atoms with Gasteiger partial charge in [-0.05, 0) is 19.2 Å². The van der Waals surface area contributed by atoms with Crippen LogP contribution in [0.5, 0.6) is 0 Å². The molecule has 1 fully saturated rings. The number of rotatable bonds is 3. The molecule has 1 aromatic heterocycles. The van der Waals surface area contributed by atoms with E-state index in [9.17, 15) is 4.21 Å². The lowest BCUT2D eigenvalue weighted by atomic mass is 10.1. The SMILES string of the molecule is CNCc1cc(N2CCS(=O)CC2)c2ccccc2n1. The first kappa shape index (κ1) is 13.5. The molecule has 1 aliphatic heterocycles. The number of nitrogens with zero attached hydrogens (tertiary/aromatic N) is 2. The van der Waals surface area contributed by atoms with Crippen molar-refractivity contribution in [1.29, 1.82) is 0 Å². The molecular weight excluding hydrogens is 270 g/mol. The Balaban J connectivity index is 2.05. The molecule has 0 unspecified atom stereocenters. The molecule has 1 aromatic carbocycles. The third-order valence-corrected chi connectivity index (χ3v) is 4.90. The summed E-state index contributed by atoms with van der Waals surface area (Å²) >= 11 is 0. The van der Waals surface area contributed by atoms with Crippen LogP contribution < -0.4 is 10.2 Å². The molecule has 0 saturated carbocycles. The molecule has 106 valence electrons. The highest BCUT2D eigenvalue weighted by molar-refractivity contribution is 7.85. The van der Waals surface area contributed by atoms with Gasteiger partial charge < -0.3 is 10.2 Å². The molecule has 0 bridgehead atoms. The van der Waals surface area contributed by atoms with Crippen molar-refractivity contribution in [3.05, 3.63) is 36.0 Å². The van der Waals surface area contributed by atoms with Gasteiger partial charge in [0.1, 0.15) is 0 Å². The lowest BCUT2D eigenvalue weighted by molar-refractivity contribution is 0.673. The summed E-state index contributed by atoms with van der Waals surface area (Å²) in [5.41, 5.74) is 3.30. The average Bonchev–Trinajstić information content (AvgIpc) is 2.48. The molecule has 0 radical (unpaired) electrons. The summed E-state index contributed by atoms with van der Waals surface area (Å²) in [7, 11) is 1.28. The number of nitrogens with one attached hydrogen (secondary N) is 1. The quantitative estimate of drug-likeness (QED) is 0.930. The Bertz CT molecular complexity index is 634. The number of benzene rings is 1. The van der Waals surface area contributed by atoms with Crippen molar-refractivity contribution < 1.29 is 4.21 Å². The Morgan fingerprint density at radius 3 is 2.80 bits per heavy atom. The van der Waals surface area contributed by atoms with E-state index in [0.29, 0.717) is 0 Å². The topological polar surface area (TPSA) is 45.2 Å². The van der Waals surface area contributed by atoms with Crippen LogP contribution in [0.4, 0.5) is 5.69 Å². The van der Waals surface area contributed by atoms with Gasteiger partial charge in [-0.25, -0.2) is 0 Å². The highest BCUT2D eigenvalue weighted by Crippen LogP contribution is 2.27. The summed E-state index contributed by atoms with van der Waals surface area (Å²) in [6.45, 7) is 2.48. The second-order valence-corrected chi connectivity index (χ2v) is 6.71. The molecule has 1 aliphatic rings. The lowest BCUT2D eigenvalue weighted by Gasteiger charge is -2.29. The lowest BCUT2D eigenvalue weighted by Crippen LogP contribution is -2.38. The van der Waals surface area contributed by atoms with Crippen molar-refractivity contribution in [3.8, 4) is 0 Å². The zero-order valence-electron chi connectivity index (χ0n) is 11.6. The van der Waals surface area contributed by atoms with Crippen LogP contribution in [0.1, 0.15) is 5.69 Å². The summed E-state index contributed by atoms with van der Waals surface area (Å²) in [6.07, 6.45) is 0. The van der Waals surface area contributed by atoms with E-state index in [2.05, 4.69) is 33.4 Å². The molecule has 3 rings (SSSR count). The van der Waals surface area contributed by atoms with Crippen LogP contribution in [-0.4, -0.2) is 40.8 Å². The first-order valence-corrected chi connectivity index (χ1v) is 8.40. The maximum Gasteiger partial charge on any atom is 0.0726 e. The number of para-hydroxylation sites is 1. The third kappa shape index (κ3) is 2.69. The fraction of sp³-hybridized carbons (Fsp3) is 0.400. The maximum atomic E-state index is 11.5. The van der Waals surface area contributed by atoms with Crippen molar-refractivity contribution in [3.63, 3.8) is 0 Å². The molecule has 0 aliphatic carbocycles. The average molecular weight is 289 g/mol. The Kier molecular flexibility index (Phi) is 3.98. The molecule has 2 aromatic rings. The van der Waals surface area contributed by atoms with Gasteiger partial charge in [0.2, 0.25) is 0 Å². The van der Waals surface area contributed by atoms with Crippen LogP contribution >= 0.6 is 0 Å². The molecule has 1 saturated heterocycles. The van der Waals surface area contributed by atoms with E-state index in [1.165, 1.54) is 11.1 Å². The minimum atomic E-state index is -0.647. The predicted molar refractivity (Wildman–Crippen MR) is 84.6 cm³/mol. The number of hydrogen-bond donors (Lipinski definition) is 1. The van der Waals surface area contributed by atoms with Gasteiger partial charge in [-0.3, -0.25) is 9.19 Å². The normalized spacial score (nSPS) is 16.8. The molecule has 0 spiro atoms. The van der Waals surface area contributed by atoms with Crippen LogP contribution in [0.15, 0.2) is 30.3 Å². The first-order valence-electron chi connectivity index (χ1n) is 6.91. The van der Waals surface area contributed by atoms with Crippen molar-refractivity contribution >= 4 is 27.4 Å². The van der Waals surface area contributed by atoms with Gasteiger partial charge in [0, 0.05) is 53.0 Å². The van der Waals surface area contributed by atoms with E-state index < -0.39 is 10.8 Å². The fourth-order valence-electron chi connectivity index (χ4n) is 2.62. The van der Waals surface area contributed by atoms with Gasteiger partial charge in [0.25, 0.3) is 0 Å². The summed E-state index contributed by atoms with van der Waals surface area (Å²) < 4.78 is 11.5. The predicted octanol–water partition coefficient (Wildman–Crippen LogP) is 1.52. The van der Waals surface area contributed by atoms with E-state index in [4.69, 9.17) is 0 Å². The van der Waals surface area contributed by atoms with Crippen LogP contribution in [0.2, 0.25) is 0 Å². The summed E-state index contributed by atoms with van der Waals surface area (Å²) in [6, 6.07) is 10.4. The molecule has 4 nitrogen and oxygen atoms in total. The Morgan fingerprint density at radius 1 is 1.30 bits per heavy atom. The van der Waals surface area contributed by atoms with Crippen molar-refractivity contribution in [2.45, 2.75) is 6.54 Å². The van der Waals surface area contributed by atoms with Crippen molar-refractivity contribution in [2.75, 3.05) is 36.5 Å². The maximum absolute atomic E-state index is 11.5. The van der Waals surface area contributed by atoms with E-state index in [1.807, 2.05) is 19.2 Å². The number of hydrogen-bond acceptors (Lipinski definition) is 4. The number of fused-ring (bicyclic) bond motifs is 1. The van der Waals surface area contributed by atoms with E-state index in [1.54, 1.807) is 0 Å². The second kappa shape index (κ2) is 5.89. The summed E-state index contributed by atoms with van der Waals surface area (Å²) in [5, 5.41) is 4.34. The zero-order valence-corrected chi connectivity index (χ0v) is 12.4. The number of aromatic nitrogens is 1. The van der Waals surface area contributed by atoms with E-state index in [0.717, 1.165) is 42.4 Å². The van der Waals surface area contributed by atoms with Crippen LogP contribution in [0, 0.1) is 0 Å². The molecular formula is C15H19N3OS. The molecule has 20 heavy (non-hydrogen) atoms. The zero-order chi connectivity index (χ0) is 13.9. The molecule has 2 heterocycles. The Hall–Kier alpha value is -1.46. The van der Waals surface area contributed by atoms with Gasteiger partial charge >= 0.3 is 0 Å². The monoisotopic (exact) mass is 289 g/mol. The van der Waals surface area contributed by atoms with Crippen LogP contribution in [0.25, 0.3) is 10.9 Å².